The molecule has 0 aliphatic heterocycles. The highest BCUT2D eigenvalue weighted by Crippen LogP contribution is 2.09. The predicted molar refractivity (Wildman–Crippen MR) is 83.9 cm³/mol. The van der Waals surface area contributed by atoms with Gasteiger partial charge in [0.1, 0.15) is 18.8 Å². The van der Waals surface area contributed by atoms with Crippen molar-refractivity contribution in [2.75, 3.05) is 0 Å². The molecule has 5 nitrogen and oxygen atoms in total. The third kappa shape index (κ3) is 5.48. The SMILES string of the molecule is CC(C)C(O)C(=O)N[C@H](C(=O)OCc1ccccc1)C(C)C. The summed E-state index contributed by atoms with van der Waals surface area (Å²) in [5, 5.41) is 12.3. The lowest BCUT2D eigenvalue weighted by molar-refractivity contribution is -0.151. The van der Waals surface area contributed by atoms with Crippen LogP contribution < -0.4 is 5.32 Å². The van der Waals surface area contributed by atoms with Crippen LogP contribution in [-0.4, -0.2) is 29.1 Å². The molecule has 122 valence electrons. The van der Waals surface area contributed by atoms with Gasteiger partial charge in [-0.3, -0.25) is 4.79 Å². The second-order valence-corrected chi connectivity index (χ2v) is 6.01. The molecule has 1 unspecified atom stereocenters. The van der Waals surface area contributed by atoms with E-state index in [-0.39, 0.29) is 18.4 Å². The zero-order valence-corrected chi connectivity index (χ0v) is 13.6. The summed E-state index contributed by atoms with van der Waals surface area (Å²) in [5.41, 5.74) is 0.881. The molecule has 0 aliphatic rings. The van der Waals surface area contributed by atoms with Crippen molar-refractivity contribution in [3.63, 3.8) is 0 Å². The minimum absolute atomic E-state index is 0.133. The monoisotopic (exact) mass is 307 g/mol. The lowest BCUT2D eigenvalue weighted by Gasteiger charge is -2.23. The Bertz CT molecular complexity index is 485. The third-order valence-electron chi connectivity index (χ3n) is 3.34. The van der Waals surface area contributed by atoms with Crippen LogP contribution in [0, 0.1) is 11.8 Å². The first-order valence-electron chi connectivity index (χ1n) is 7.52. The molecule has 1 aromatic rings. The fourth-order valence-electron chi connectivity index (χ4n) is 1.86. The van der Waals surface area contributed by atoms with Gasteiger partial charge in [-0.05, 0) is 17.4 Å². The van der Waals surface area contributed by atoms with Crippen LogP contribution in [-0.2, 0) is 20.9 Å². The van der Waals surface area contributed by atoms with E-state index in [1.807, 2.05) is 44.2 Å². The fraction of sp³-hybridized carbons (Fsp3) is 0.529. The molecule has 0 heterocycles. The van der Waals surface area contributed by atoms with E-state index in [2.05, 4.69) is 5.32 Å². The zero-order valence-electron chi connectivity index (χ0n) is 13.6. The standard InChI is InChI=1S/C17H25NO4/c1-11(2)14(18-16(20)15(19)12(3)4)17(21)22-10-13-8-6-5-7-9-13/h5-9,11-12,14-15,19H,10H2,1-4H3,(H,18,20)/t14-,15?/m0/s1. The summed E-state index contributed by atoms with van der Waals surface area (Å²) in [5.74, 6) is -1.40. The van der Waals surface area contributed by atoms with Crippen LogP contribution in [0.2, 0.25) is 0 Å². The highest BCUT2D eigenvalue weighted by Gasteiger charge is 2.29. The molecular formula is C17H25NO4. The summed E-state index contributed by atoms with van der Waals surface area (Å²) in [6.45, 7) is 7.27. The molecule has 22 heavy (non-hydrogen) atoms. The number of aliphatic hydroxyl groups excluding tert-OH is 1. The second kappa shape index (κ2) is 8.54. The van der Waals surface area contributed by atoms with E-state index in [0.29, 0.717) is 0 Å². The van der Waals surface area contributed by atoms with Crippen LogP contribution in [0.3, 0.4) is 0 Å². The van der Waals surface area contributed by atoms with E-state index in [1.54, 1.807) is 13.8 Å². The number of esters is 1. The first-order valence-corrected chi connectivity index (χ1v) is 7.52. The van der Waals surface area contributed by atoms with Gasteiger partial charge in [0.05, 0.1) is 0 Å². The van der Waals surface area contributed by atoms with E-state index in [4.69, 9.17) is 4.74 Å². The van der Waals surface area contributed by atoms with E-state index in [9.17, 15) is 14.7 Å². The van der Waals surface area contributed by atoms with E-state index in [0.717, 1.165) is 5.56 Å². The molecule has 1 rings (SSSR count). The Morgan fingerprint density at radius 1 is 1.09 bits per heavy atom. The van der Waals surface area contributed by atoms with Gasteiger partial charge in [0, 0.05) is 0 Å². The van der Waals surface area contributed by atoms with E-state index >= 15 is 0 Å². The van der Waals surface area contributed by atoms with Gasteiger partial charge in [0.15, 0.2) is 0 Å². The van der Waals surface area contributed by atoms with Gasteiger partial charge in [0.25, 0.3) is 0 Å². The van der Waals surface area contributed by atoms with Crippen molar-refractivity contribution in [2.24, 2.45) is 11.8 Å². The molecule has 0 aliphatic carbocycles. The largest absolute Gasteiger partial charge is 0.459 e. The average molecular weight is 307 g/mol. The Hall–Kier alpha value is -1.88. The first kappa shape index (κ1) is 18.2. The topological polar surface area (TPSA) is 75.6 Å². The zero-order chi connectivity index (χ0) is 16.7. The molecule has 5 heteroatoms. The lowest BCUT2D eigenvalue weighted by Crippen LogP contribution is -2.49. The van der Waals surface area contributed by atoms with Gasteiger partial charge in [-0.2, -0.15) is 0 Å². The Kier molecular flexibility index (Phi) is 7.05. The van der Waals surface area contributed by atoms with Gasteiger partial charge in [-0.1, -0.05) is 58.0 Å². The van der Waals surface area contributed by atoms with Crippen molar-refractivity contribution in [1.82, 2.24) is 5.32 Å². The fourth-order valence-corrected chi connectivity index (χ4v) is 1.86. The highest BCUT2D eigenvalue weighted by molar-refractivity contribution is 5.87. The minimum atomic E-state index is -1.14. The Morgan fingerprint density at radius 3 is 2.18 bits per heavy atom. The van der Waals surface area contributed by atoms with Crippen LogP contribution >= 0.6 is 0 Å². The molecule has 2 N–H and O–H groups in total. The number of ether oxygens (including phenoxy) is 1. The van der Waals surface area contributed by atoms with Gasteiger partial charge in [-0.15, -0.1) is 0 Å². The number of carbonyl (C=O) groups excluding carboxylic acids is 2. The molecule has 0 bridgehead atoms. The predicted octanol–water partition coefficient (Wildman–Crippen LogP) is 1.89. The van der Waals surface area contributed by atoms with Gasteiger partial charge >= 0.3 is 5.97 Å². The number of hydrogen-bond donors (Lipinski definition) is 2. The highest BCUT2D eigenvalue weighted by atomic mass is 16.5. The first-order chi connectivity index (χ1) is 10.3. The summed E-state index contributed by atoms with van der Waals surface area (Å²) in [4.78, 5) is 24.1. The number of benzene rings is 1. The average Bonchev–Trinajstić information content (AvgIpc) is 2.49. The molecule has 0 saturated heterocycles. The molecule has 2 atom stereocenters. The van der Waals surface area contributed by atoms with Crippen LogP contribution in [0.15, 0.2) is 30.3 Å². The molecule has 1 amide bonds. The number of amides is 1. The van der Waals surface area contributed by atoms with Crippen molar-refractivity contribution in [1.29, 1.82) is 0 Å². The van der Waals surface area contributed by atoms with Crippen molar-refractivity contribution >= 4 is 11.9 Å². The lowest BCUT2D eigenvalue weighted by atomic mass is 10.0. The maximum atomic E-state index is 12.2. The normalized spacial score (nSPS) is 13.8. The summed E-state index contributed by atoms with van der Waals surface area (Å²) < 4.78 is 5.26. The van der Waals surface area contributed by atoms with Gasteiger partial charge in [0.2, 0.25) is 5.91 Å². The Balaban J connectivity index is 2.62. The van der Waals surface area contributed by atoms with Crippen LogP contribution in [0.25, 0.3) is 0 Å². The molecule has 0 saturated carbocycles. The summed E-state index contributed by atoms with van der Waals surface area (Å²) in [7, 11) is 0. The minimum Gasteiger partial charge on any atom is -0.459 e. The Morgan fingerprint density at radius 2 is 1.68 bits per heavy atom. The van der Waals surface area contributed by atoms with Crippen molar-refractivity contribution in [3.05, 3.63) is 35.9 Å². The maximum absolute atomic E-state index is 12.2. The van der Waals surface area contributed by atoms with Gasteiger partial charge in [-0.25, -0.2) is 4.79 Å². The van der Waals surface area contributed by atoms with E-state index in [1.165, 1.54) is 0 Å². The second-order valence-electron chi connectivity index (χ2n) is 6.01. The maximum Gasteiger partial charge on any atom is 0.329 e. The quantitative estimate of drug-likeness (QED) is 0.754. The summed E-state index contributed by atoms with van der Waals surface area (Å²) in [6, 6.07) is 8.56. The van der Waals surface area contributed by atoms with Gasteiger partial charge < -0.3 is 15.2 Å². The number of nitrogens with one attached hydrogen (secondary N) is 1. The molecule has 0 aromatic heterocycles. The van der Waals surface area contributed by atoms with Crippen molar-refractivity contribution in [2.45, 2.75) is 46.4 Å². The molecular weight excluding hydrogens is 282 g/mol. The molecule has 0 fully saturated rings. The Labute approximate surface area is 131 Å². The van der Waals surface area contributed by atoms with Crippen molar-refractivity contribution < 1.29 is 19.4 Å². The summed E-state index contributed by atoms with van der Waals surface area (Å²) >= 11 is 0. The van der Waals surface area contributed by atoms with Crippen LogP contribution in [0.1, 0.15) is 33.3 Å². The van der Waals surface area contributed by atoms with Crippen LogP contribution in [0.5, 0.6) is 0 Å². The number of hydrogen-bond acceptors (Lipinski definition) is 4. The number of aliphatic hydroxyl groups is 1. The molecule has 0 radical (unpaired) electrons. The van der Waals surface area contributed by atoms with Crippen molar-refractivity contribution in [3.8, 4) is 0 Å². The van der Waals surface area contributed by atoms with Crippen LogP contribution in [0.4, 0.5) is 0 Å². The molecule has 1 aromatic carbocycles. The smallest absolute Gasteiger partial charge is 0.329 e. The number of rotatable bonds is 7. The third-order valence-corrected chi connectivity index (χ3v) is 3.34. The van der Waals surface area contributed by atoms with E-state index < -0.39 is 24.0 Å². The number of carbonyl (C=O) groups is 2. The summed E-state index contributed by atoms with van der Waals surface area (Å²) in [6.07, 6.45) is -1.14. The molecule has 0 spiro atoms.